The summed E-state index contributed by atoms with van der Waals surface area (Å²) in [6.07, 6.45) is 5.85. The molecule has 6 nitrogen and oxygen atoms in total. The Bertz CT molecular complexity index is 1010. The molecule has 150 valence electrons. The molecule has 0 fully saturated rings. The molecular weight excluding hydrogens is 376 g/mol. The highest BCUT2D eigenvalue weighted by Gasteiger charge is 2.20. The Morgan fingerprint density at radius 2 is 1.96 bits per heavy atom. The summed E-state index contributed by atoms with van der Waals surface area (Å²) in [5.41, 5.74) is 2.69. The number of allylic oxidation sites excluding steroid dienone is 2. The number of benzene rings is 2. The molecule has 0 bridgehead atoms. The van der Waals surface area contributed by atoms with Gasteiger partial charge in [-0.2, -0.15) is 0 Å². The van der Waals surface area contributed by atoms with E-state index < -0.39 is 10.0 Å². The van der Waals surface area contributed by atoms with Crippen LogP contribution in [0.25, 0.3) is 16.5 Å². The smallest absolute Gasteiger partial charge is 0.232 e. The van der Waals surface area contributed by atoms with Gasteiger partial charge in [-0.3, -0.25) is 15.0 Å². The Morgan fingerprint density at radius 1 is 1.14 bits per heavy atom. The molecule has 0 aromatic heterocycles. The van der Waals surface area contributed by atoms with Crippen molar-refractivity contribution in [3.05, 3.63) is 65.4 Å². The molecule has 0 unspecified atom stereocenters. The van der Waals surface area contributed by atoms with Crippen LogP contribution >= 0.6 is 0 Å². The van der Waals surface area contributed by atoms with Crippen LogP contribution in [0.4, 0.5) is 0 Å². The first-order valence-electron chi connectivity index (χ1n) is 9.44. The Hall–Kier alpha value is -2.35. The van der Waals surface area contributed by atoms with Crippen molar-refractivity contribution in [2.45, 2.75) is 32.8 Å². The minimum absolute atomic E-state index is 0.0283. The van der Waals surface area contributed by atoms with E-state index in [1.807, 2.05) is 43.3 Å². The van der Waals surface area contributed by atoms with Crippen molar-refractivity contribution in [3.8, 4) is 0 Å². The highest BCUT2D eigenvalue weighted by Crippen LogP contribution is 2.29. The number of sulfonamides is 1. The predicted octanol–water partition coefficient (Wildman–Crippen LogP) is 3.37. The van der Waals surface area contributed by atoms with Crippen LogP contribution in [-0.4, -0.2) is 36.1 Å². The fourth-order valence-electron chi connectivity index (χ4n) is 3.31. The van der Waals surface area contributed by atoms with Crippen LogP contribution in [-0.2, 0) is 16.6 Å². The lowest BCUT2D eigenvalue weighted by molar-refractivity contribution is -0.0197. The first-order valence-corrected chi connectivity index (χ1v) is 11.1. The lowest BCUT2D eigenvalue weighted by Crippen LogP contribution is -2.33. The molecule has 2 aromatic rings. The average molecular weight is 403 g/mol. The van der Waals surface area contributed by atoms with Crippen molar-refractivity contribution in [1.82, 2.24) is 9.79 Å². The van der Waals surface area contributed by atoms with Gasteiger partial charge in [-0.25, -0.2) is 8.42 Å². The molecule has 1 aliphatic heterocycles. The van der Waals surface area contributed by atoms with E-state index in [9.17, 15) is 18.7 Å². The van der Waals surface area contributed by atoms with Gasteiger partial charge in [-0.1, -0.05) is 50.1 Å². The number of aliphatic hydroxyl groups excluding tert-OH is 1. The number of rotatable bonds is 8. The third-order valence-corrected chi connectivity index (χ3v) is 6.15. The average Bonchev–Trinajstić information content (AvgIpc) is 2.67. The number of nitrogens with one attached hydrogen (secondary N) is 1. The zero-order valence-electron chi connectivity index (χ0n) is 15.9. The zero-order valence-corrected chi connectivity index (χ0v) is 16.7. The summed E-state index contributed by atoms with van der Waals surface area (Å²) in [6, 6.07) is 11.4. The number of aliphatic hydroxyl groups is 1. The Labute approximate surface area is 165 Å². The maximum absolute atomic E-state index is 12.2. The van der Waals surface area contributed by atoms with Crippen molar-refractivity contribution in [2.75, 3.05) is 12.3 Å². The van der Waals surface area contributed by atoms with E-state index in [4.69, 9.17) is 0 Å². The van der Waals surface area contributed by atoms with Crippen molar-refractivity contribution in [1.29, 1.82) is 0 Å². The molecule has 1 aliphatic rings. The van der Waals surface area contributed by atoms with Crippen LogP contribution in [0.1, 0.15) is 37.3 Å². The number of hydrogen-bond acceptors (Lipinski definition) is 5. The van der Waals surface area contributed by atoms with E-state index in [0.29, 0.717) is 17.8 Å². The number of nitrogens with zero attached hydrogens (tertiary/aromatic N) is 1. The molecule has 0 spiro atoms. The maximum atomic E-state index is 12.2. The third-order valence-electron chi connectivity index (χ3n) is 4.75. The van der Waals surface area contributed by atoms with E-state index in [-0.39, 0.29) is 18.9 Å². The second kappa shape index (κ2) is 8.77. The lowest BCUT2D eigenvalue weighted by Gasteiger charge is -2.26. The van der Waals surface area contributed by atoms with Gasteiger partial charge in [0.1, 0.15) is 0 Å². The first kappa shape index (κ1) is 20.4. The van der Waals surface area contributed by atoms with E-state index >= 15 is 0 Å². The van der Waals surface area contributed by atoms with Crippen LogP contribution in [0.3, 0.4) is 0 Å². The number of fused-ring (bicyclic) bond motifs is 1. The summed E-state index contributed by atoms with van der Waals surface area (Å²) in [4.78, 5) is 0. The van der Waals surface area contributed by atoms with Crippen molar-refractivity contribution in [2.24, 2.45) is 0 Å². The predicted molar refractivity (Wildman–Crippen MR) is 111 cm³/mol. The van der Waals surface area contributed by atoms with Gasteiger partial charge in [0.25, 0.3) is 0 Å². The number of unbranched alkanes of at least 4 members (excludes halogenated alkanes) is 2. The zero-order chi connectivity index (χ0) is 20.1. The van der Waals surface area contributed by atoms with Gasteiger partial charge in [-0.05, 0) is 41.0 Å². The molecule has 0 radical (unpaired) electrons. The van der Waals surface area contributed by atoms with Crippen molar-refractivity contribution in [3.63, 3.8) is 0 Å². The Balaban J connectivity index is 1.85. The Morgan fingerprint density at radius 3 is 2.68 bits per heavy atom. The number of hydroxylamine groups is 2. The molecule has 2 aromatic carbocycles. The molecule has 0 saturated heterocycles. The second-order valence-electron chi connectivity index (χ2n) is 6.95. The second-order valence-corrected chi connectivity index (χ2v) is 8.79. The van der Waals surface area contributed by atoms with Crippen LogP contribution in [0.2, 0.25) is 0 Å². The molecule has 0 atom stereocenters. The topological polar surface area (TPSA) is 89.9 Å². The third kappa shape index (κ3) is 4.73. The van der Waals surface area contributed by atoms with Gasteiger partial charge in [0.15, 0.2) is 0 Å². The van der Waals surface area contributed by atoms with Crippen molar-refractivity contribution < 1.29 is 18.7 Å². The first-order chi connectivity index (χ1) is 13.4. The van der Waals surface area contributed by atoms with Gasteiger partial charge >= 0.3 is 0 Å². The summed E-state index contributed by atoms with van der Waals surface area (Å²) in [7, 11) is -3.41. The van der Waals surface area contributed by atoms with Crippen LogP contribution in [0, 0.1) is 0 Å². The van der Waals surface area contributed by atoms with E-state index in [1.165, 1.54) is 0 Å². The van der Waals surface area contributed by atoms with Crippen LogP contribution in [0.15, 0.2) is 54.2 Å². The molecule has 3 rings (SSSR count). The summed E-state index contributed by atoms with van der Waals surface area (Å²) in [5.74, 6) is 0.0801. The molecule has 0 amide bonds. The molecule has 28 heavy (non-hydrogen) atoms. The normalized spacial score (nSPS) is 14.8. The van der Waals surface area contributed by atoms with E-state index in [1.54, 1.807) is 12.2 Å². The summed E-state index contributed by atoms with van der Waals surface area (Å²) >= 11 is 0. The quantitative estimate of drug-likeness (QED) is 0.589. The fraction of sp³-hybridized carbons (Fsp3) is 0.333. The van der Waals surface area contributed by atoms with Gasteiger partial charge < -0.3 is 5.11 Å². The van der Waals surface area contributed by atoms with Gasteiger partial charge in [-0.15, -0.1) is 0 Å². The summed E-state index contributed by atoms with van der Waals surface area (Å²) in [5, 5.41) is 22.8. The summed E-state index contributed by atoms with van der Waals surface area (Å²) in [6.45, 7) is 2.06. The highest BCUT2D eigenvalue weighted by molar-refractivity contribution is 7.89. The minimum atomic E-state index is -3.41. The molecule has 3 N–H and O–H groups in total. The monoisotopic (exact) mass is 402 g/mol. The minimum Gasteiger partial charge on any atom is -0.392 e. The maximum Gasteiger partial charge on any atom is 0.232 e. The van der Waals surface area contributed by atoms with E-state index in [0.717, 1.165) is 39.8 Å². The summed E-state index contributed by atoms with van der Waals surface area (Å²) < 4.78 is 26.9. The standard InChI is InChI=1S/C21H26N2O4S/c1-2-3-4-12-28(26,27)22-18-9-11-21(23(25)14-18)20-7-5-6-17-13-16(15-24)8-10-19(17)20/h5-11,13,22,24-25H,2-4,12,14-15H2,1H3. The van der Waals surface area contributed by atoms with Gasteiger partial charge in [0, 0.05) is 11.3 Å². The van der Waals surface area contributed by atoms with Crippen LogP contribution < -0.4 is 4.72 Å². The SMILES string of the molecule is CCCCCS(=O)(=O)NC1=CC=C(c2cccc3cc(CO)ccc23)N(O)C1. The lowest BCUT2D eigenvalue weighted by atomic mass is 9.99. The number of hydrogen-bond donors (Lipinski definition) is 3. The van der Waals surface area contributed by atoms with Gasteiger partial charge in [0.05, 0.1) is 24.6 Å². The molecule has 0 saturated carbocycles. The van der Waals surface area contributed by atoms with Crippen LogP contribution in [0.5, 0.6) is 0 Å². The highest BCUT2D eigenvalue weighted by atomic mass is 32.2. The molecule has 7 heteroatoms. The van der Waals surface area contributed by atoms with Gasteiger partial charge in [0.2, 0.25) is 10.0 Å². The molecule has 1 heterocycles. The van der Waals surface area contributed by atoms with Crippen molar-refractivity contribution >= 4 is 26.5 Å². The fourth-order valence-corrected chi connectivity index (χ4v) is 4.53. The van der Waals surface area contributed by atoms with E-state index in [2.05, 4.69) is 4.72 Å². The molecule has 0 aliphatic carbocycles. The molecular formula is C21H26N2O4S. The largest absolute Gasteiger partial charge is 0.392 e. The Kier molecular flexibility index (Phi) is 6.39.